The summed E-state index contributed by atoms with van der Waals surface area (Å²) in [5.74, 6) is -0.400. The highest BCUT2D eigenvalue weighted by atomic mass is 16.4. The Labute approximate surface area is 132 Å². The average Bonchev–Trinajstić information content (AvgIpc) is 2.54. The van der Waals surface area contributed by atoms with E-state index in [1.165, 1.54) is 34.1 Å². The highest BCUT2D eigenvalue weighted by Gasteiger charge is 2.26. The van der Waals surface area contributed by atoms with E-state index in [9.17, 15) is 19.8 Å². The van der Waals surface area contributed by atoms with Gasteiger partial charge in [0.2, 0.25) is 0 Å². The van der Waals surface area contributed by atoms with Crippen LogP contribution in [0.25, 0.3) is 10.8 Å². The molecule has 0 aliphatic carbocycles. The van der Waals surface area contributed by atoms with E-state index in [2.05, 4.69) is 0 Å². The smallest absolute Gasteiger partial charge is 0.407 e. The summed E-state index contributed by atoms with van der Waals surface area (Å²) in [5, 5.41) is 29.9. The van der Waals surface area contributed by atoms with Crippen molar-refractivity contribution < 1.29 is 24.9 Å². The van der Waals surface area contributed by atoms with Crippen LogP contribution in [0.5, 0.6) is 11.5 Å². The Hall–Kier alpha value is -2.96. The van der Waals surface area contributed by atoms with Gasteiger partial charge in [0.1, 0.15) is 11.5 Å². The summed E-state index contributed by atoms with van der Waals surface area (Å²) in [7, 11) is 0. The number of nitrogens with zero attached hydrogens (tertiary/aromatic N) is 2. The number of benzene rings is 2. The maximum atomic E-state index is 12.6. The normalized spacial score (nSPS) is 15.0. The minimum absolute atomic E-state index is 0.0802. The van der Waals surface area contributed by atoms with Gasteiger partial charge in [-0.05, 0) is 35.0 Å². The lowest BCUT2D eigenvalue weighted by atomic mass is 10.0. The molecule has 3 N–H and O–H groups in total. The van der Waals surface area contributed by atoms with Crippen LogP contribution in [-0.2, 0) is 0 Å². The van der Waals surface area contributed by atoms with Gasteiger partial charge in [-0.3, -0.25) is 4.79 Å². The third kappa shape index (κ3) is 2.85. The molecule has 1 aliphatic rings. The van der Waals surface area contributed by atoms with Gasteiger partial charge >= 0.3 is 6.09 Å². The van der Waals surface area contributed by atoms with Gasteiger partial charge in [-0.2, -0.15) is 0 Å². The van der Waals surface area contributed by atoms with Crippen LogP contribution in [0.15, 0.2) is 30.3 Å². The first kappa shape index (κ1) is 15.0. The first-order valence-corrected chi connectivity index (χ1v) is 7.18. The third-order valence-electron chi connectivity index (χ3n) is 4.01. The molecule has 23 heavy (non-hydrogen) atoms. The van der Waals surface area contributed by atoms with Crippen molar-refractivity contribution >= 4 is 22.8 Å². The van der Waals surface area contributed by atoms with E-state index < -0.39 is 6.09 Å². The number of carbonyl (C=O) groups excluding carboxylic acids is 1. The van der Waals surface area contributed by atoms with Crippen molar-refractivity contribution in [1.82, 2.24) is 9.80 Å². The zero-order valence-electron chi connectivity index (χ0n) is 12.3. The summed E-state index contributed by atoms with van der Waals surface area (Å²) in [6.07, 6.45) is -0.999. The molecule has 120 valence electrons. The fraction of sp³-hybridized carbons (Fsp3) is 0.250. The van der Waals surface area contributed by atoms with E-state index in [0.717, 1.165) is 0 Å². The molecule has 0 aromatic heterocycles. The van der Waals surface area contributed by atoms with E-state index in [4.69, 9.17) is 5.11 Å². The Kier molecular flexibility index (Phi) is 3.69. The number of hydrogen-bond donors (Lipinski definition) is 3. The van der Waals surface area contributed by atoms with Gasteiger partial charge < -0.3 is 25.1 Å². The zero-order valence-corrected chi connectivity index (χ0v) is 12.3. The molecule has 2 amide bonds. The van der Waals surface area contributed by atoms with Crippen LogP contribution in [0.1, 0.15) is 10.4 Å². The third-order valence-corrected chi connectivity index (χ3v) is 4.01. The molecule has 1 heterocycles. The maximum absolute atomic E-state index is 12.6. The fourth-order valence-corrected chi connectivity index (χ4v) is 2.72. The van der Waals surface area contributed by atoms with E-state index in [1.54, 1.807) is 6.07 Å². The lowest BCUT2D eigenvalue weighted by molar-refractivity contribution is 0.0622. The highest BCUT2D eigenvalue weighted by molar-refractivity contribution is 6.01. The molecule has 0 bridgehead atoms. The number of phenols is 2. The predicted octanol–water partition coefficient (Wildman–Crippen LogP) is 1.69. The molecule has 1 saturated heterocycles. The fourth-order valence-electron chi connectivity index (χ4n) is 2.72. The molecule has 0 radical (unpaired) electrons. The van der Waals surface area contributed by atoms with Gasteiger partial charge in [0, 0.05) is 26.2 Å². The molecule has 0 saturated carbocycles. The van der Waals surface area contributed by atoms with Crippen LogP contribution in [0, 0.1) is 0 Å². The molecular weight excluding hydrogens is 300 g/mol. The average molecular weight is 316 g/mol. The molecule has 2 aromatic rings. The van der Waals surface area contributed by atoms with Crippen LogP contribution in [0.4, 0.5) is 4.79 Å². The van der Waals surface area contributed by atoms with Crippen LogP contribution >= 0.6 is 0 Å². The Bertz CT molecular complexity index is 781. The standard InChI is InChI=1S/C16H16N2O5/c19-12-2-1-10-9-14(20)13(8-11(10)7-12)15(21)17-3-5-18(6-4-17)16(22)23/h1-2,7-9,19-20H,3-6H2,(H,22,23). The van der Waals surface area contributed by atoms with Gasteiger partial charge in [0.25, 0.3) is 5.91 Å². The molecule has 7 nitrogen and oxygen atoms in total. The second kappa shape index (κ2) is 5.68. The molecular formula is C16H16N2O5. The van der Waals surface area contributed by atoms with Gasteiger partial charge in [0.15, 0.2) is 0 Å². The van der Waals surface area contributed by atoms with Crippen LogP contribution in [-0.4, -0.2) is 63.3 Å². The largest absolute Gasteiger partial charge is 0.508 e. The predicted molar refractivity (Wildman–Crippen MR) is 82.8 cm³/mol. The summed E-state index contributed by atoms with van der Waals surface area (Å²) in [6.45, 7) is 1.05. The molecule has 2 aromatic carbocycles. The summed E-state index contributed by atoms with van der Waals surface area (Å²) in [5.41, 5.74) is 0.145. The van der Waals surface area contributed by atoms with Crippen LogP contribution < -0.4 is 0 Å². The van der Waals surface area contributed by atoms with Crippen molar-refractivity contribution in [2.75, 3.05) is 26.2 Å². The number of phenolic OH excluding ortho intramolecular Hbond substituents is 2. The molecule has 7 heteroatoms. The molecule has 0 unspecified atom stereocenters. The number of carbonyl (C=O) groups is 2. The summed E-state index contributed by atoms with van der Waals surface area (Å²) in [6, 6.07) is 7.71. The zero-order chi connectivity index (χ0) is 16.6. The topological polar surface area (TPSA) is 101 Å². The minimum atomic E-state index is -0.999. The maximum Gasteiger partial charge on any atom is 0.407 e. The van der Waals surface area contributed by atoms with Crippen molar-refractivity contribution in [3.8, 4) is 11.5 Å². The monoisotopic (exact) mass is 316 g/mol. The van der Waals surface area contributed by atoms with E-state index in [0.29, 0.717) is 10.8 Å². The molecule has 0 spiro atoms. The number of rotatable bonds is 1. The number of amides is 2. The van der Waals surface area contributed by atoms with Crippen molar-refractivity contribution in [2.24, 2.45) is 0 Å². The Morgan fingerprint density at radius 1 is 0.870 bits per heavy atom. The minimum Gasteiger partial charge on any atom is -0.508 e. The second-order valence-corrected chi connectivity index (χ2v) is 5.46. The summed E-state index contributed by atoms with van der Waals surface area (Å²) >= 11 is 0. The highest BCUT2D eigenvalue weighted by Crippen LogP contribution is 2.28. The van der Waals surface area contributed by atoms with E-state index in [1.807, 2.05) is 0 Å². The van der Waals surface area contributed by atoms with Gasteiger partial charge in [0.05, 0.1) is 5.56 Å². The molecule has 1 fully saturated rings. The van der Waals surface area contributed by atoms with Gasteiger partial charge in [-0.25, -0.2) is 4.79 Å². The van der Waals surface area contributed by atoms with Crippen molar-refractivity contribution in [1.29, 1.82) is 0 Å². The van der Waals surface area contributed by atoms with Crippen molar-refractivity contribution in [3.63, 3.8) is 0 Å². The lowest BCUT2D eigenvalue weighted by Crippen LogP contribution is -2.50. The van der Waals surface area contributed by atoms with E-state index >= 15 is 0 Å². The summed E-state index contributed by atoms with van der Waals surface area (Å²) < 4.78 is 0. The van der Waals surface area contributed by atoms with Gasteiger partial charge in [-0.1, -0.05) is 6.07 Å². The summed E-state index contributed by atoms with van der Waals surface area (Å²) in [4.78, 5) is 26.2. The SMILES string of the molecule is O=C(O)N1CCN(C(=O)c2cc3cc(O)ccc3cc2O)CC1. The van der Waals surface area contributed by atoms with E-state index in [-0.39, 0.29) is 49.1 Å². The van der Waals surface area contributed by atoms with Crippen molar-refractivity contribution in [2.45, 2.75) is 0 Å². The first-order valence-electron chi connectivity index (χ1n) is 7.18. The lowest BCUT2D eigenvalue weighted by Gasteiger charge is -2.33. The number of hydrogen-bond acceptors (Lipinski definition) is 4. The molecule has 0 atom stereocenters. The molecule has 3 rings (SSSR count). The Morgan fingerprint density at radius 3 is 2.17 bits per heavy atom. The Morgan fingerprint density at radius 2 is 1.52 bits per heavy atom. The quantitative estimate of drug-likeness (QED) is 0.743. The van der Waals surface area contributed by atoms with Crippen molar-refractivity contribution in [3.05, 3.63) is 35.9 Å². The first-order chi connectivity index (χ1) is 11.0. The Balaban J connectivity index is 1.86. The molecule has 1 aliphatic heterocycles. The number of piperazine rings is 1. The number of aromatic hydroxyl groups is 2. The number of carboxylic acid groups (broad SMARTS) is 1. The van der Waals surface area contributed by atoms with Gasteiger partial charge in [-0.15, -0.1) is 0 Å². The second-order valence-electron chi connectivity index (χ2n) is 5.46. The van der Waals surface area contributed by atoms with Crippen LogP contribution in [0.2, 0.25) is 0 Å². The van der Waals surface area contributed by atoms with Crippen LogP contribution in [0.3, 0.4) is 0 Å². The number of fused-ring (bicyclic) bond motifs is 1.